The minimum Gasteiger partial charge on any atom is -0.276 e. The molecule has 2 fully saturated rings. The molecule has 1 spiro atoms. The van der Waals surface area contributed by atoms with E-state index in [9.17, 15) is 14.4 Å². The molecule has 1 N–H and O–H groups in total. The van der Waals surface area contributed by atoms with Gasteiger partial charge >= 0.3 is 6.03 Å². The van der Waals surface area contributed by atoms with Crippen molar-refractivity contribution in [1.29, 1.82) is 5.26 Å². The fraction of sp³-hybridized carbons (Fsp3) is 0.286. The molecule has 1 heterocycles. The molecule has 1 saturated heterocycles. The zero-order valence-electron chi connectivity index (χ0n) is 10.9. The van der Waals surface area contributed by atoms with Crippen LogP contribution in [0.2, 0.25) is 0 Å². The van der Waals surface area contributed by atoms with E-state index in [1.54, 1.807) is 6.07 Å². The number of carbonyl (C=O) groups excluding carboxylic acids is 3. The van der Waals surface area contributed by atoms with Gasteiger partial charge in [0.15, 0.2) is 0 Å². The minimum atomic E-state index is -1.15. The molecule has 2 aliphatic rings. The number of imide groups is 2. The quantitative estimate of drug-likeness (QED) is 0.787. The maximum absolute atomic E-state index is 12.6. The van der Waals surface area contributed by atoms with Crippen molar-refractivity contribution in [2.45, 2.75) is 19.3 Å². The second kappa shape index (κ2) is 4.67. The van der Waals surface area contributed by atoms with Crippen molar-refractivity contribution >= 4 is 39.5 Å². The van der Waals surface area contributed by atoms with Crippen LogP contribution in [0.1, 0.15) is 24.8 Å². The smallest absolute Gasteiger partial charge is 0.276 e. The van der Waals surface area contributed by atoms with Gasteiger partial charge < -0.3 is 0 Å². The Labute approximate surface area is 128 Å². The first kappa shape index (κ1) is 13.8. The number of hydrogen-bond acceptors (Lipinski definition) is 4. The van der Waals surface area contributed by atoms with Gasteiger partial charge in [-0.15, -0.1) is 0 Å². The molecule has 1 aromatic carbocycles. The molecule has 0 unspecified atom stereocenters. The van der Waals surface area contributed by atoms with Gasteiger partial charge in [0.2, 0.25) is 5.91 Å². The zero-order valence-corrected chi connectivity index (χ0v) is 12.4. The Hall–Kier alpha value is -2.20. The third kappa shape index (κ3) is 1.87. The van der Waals surface area contributed by atoms with Crippen LogP contribution in [0.3, 0.4) is 0 Å². The summed E-state index contributed by atoms with van der Waals surface area (Å²) in [5.41, 5.74) is -0.762. The predicted octanol–water partition coefficient (Wildman–Crippen LogP) is 2.07. The highest BCUT2D eigenvalue weighted by Gasteiger charge is 2.57. The molecule has 0 aromatic heterocycles. The molecular weight excluding hydrogens is 338 g/mol. The number of halogens is 1. The molecule has 7 heteroatoms. The summed E-state index contributed by atoms with van der Waals surface area (Å²) in [6.07, 6.45) is 1.62. The van der Waals surface area contributed by atoms with Gasteiger partial charge in [-0.2, -0.15) is 5.26 Å². The Morgan fingerprint density at radius 1 is 1.29 bits per heavy atom. The van der Waals surface area contributed by atoms with Crippen molar-refractivity contribution in [2.24, 2.45) is 5.41 Å². The van der Waals surface area contributed by atoms with Crippen LogP contribution in [-0.4, -0.2) is 17.8 Å². The van der Waals surface area contributed by atoms with Gasteiger partial charge in [-0.05, 0) is 31.0 Å². The highest BCUT2D eigenvalue weighted by Crippen LogP contribution is 2.45. The van der Waals surface area contributed by atoms with Crippen LogP contribution in [0.15, 0.2) is 22.7 Å². The van der Waals surface area contributed by atoms with E-state index in [0.717, 1.165) is 11.3 Å². The molecule has 0 bridgehead atoms. The largest absolute Gasteiger partial charge is 0.335 e. The number of carbonyl (C=O) groups is 3. The van der Waals surface area contributed by atoms with Gasteiger partial charge in [0.25, 0.3) is 5.91 Å². The zero-order chi connectivity index (χ0) is 15.2. The molecule has 1 aliphatic heterocycles. The summed E-state index contributed by atoms with van der Waals surface area (Å²) in [5, 5.41) is 11.4. The molecule has 4 amide bonds. The number of benzene rings is 1. The number of urea groups is 1. The fourth-order valence-electron chi connectivity index (χ4n) is 2.65. The molecule has 1 aromatic rings. The summed E-state index contributed by atoms with van der Waals surface area (Å²) in [6, 6.07) is 5.84. The van der Waals surface area contributed by atoms with Gasteiger partial charge in [-0.3, -0.25) is 14.9 Å². The number of barbiturate groups is 1. The Bertz CT molecular complexity index is 719. The summed E-state index contributed by atoms with van der Waals surface area (Å²) in [4.78, 5) is 37.6. The van der Waals surface area contributed by atoms with Gasteiger partial charge in [-0.1, -0.05) is 22.4 Å². The molecule has 0 radical (unpaired) electrons. The van der Waals surface area contributed by atoms with Gasteiger partial charge in [0, 0.05) is 4.47 Å². The summed E-state index contributed by atoms with van der Waals surface area (Å²) in [5.74, 6) is -1.08. The molecule has 6 nitrogen and oxygen atoms in total. The second-order valence-corrected chi connectivity index (χ2v) is 6.02. The lowest BCUT2D eigenvalue weighted by Crippen LogP contribution is -2.66. The van der Waals surface area contributed by atoms with Crippen molar-refractivity contribution in [3.63, 3.8) is 0 Å². The first-order valence-electron chi connectivity index (χ1n) is 6.39. The van der Waals surface area contributed by atoms with E-state index < -0.39 is 23.3 Å². The van der Waals surface area contributed by atoms with Crippen molar-refractivity contribution in [2.75, 3.05) is 4.90 Å². The van der Waals surface area contributed by atoms with Gasteiger partial charge in [0.1, 0.15) is 11.5 Å². The predicted molar refractivity (Wildman–Crippen MR) is 76.2 cm³/mol. The Morgan fingerprint density at radius 3 is 2.57 bits per heavy atom. The molecule has 0 atom stereocenters. The van der Waals surface area contributed by atoms with Crippen LogP contribution < -0.4 is 10.2 Å². The number of anilines is 1. The number of hydrogen-bond donors (Lipinski definition) is 1. The molecule has 106 valence electrons. The van der Waals surface area contributed by atoms with Crippen LogP contribution in [-0.2, 0) is 9.59 Å². The number of rotatable bonds is 1. The lowest BCUT2D eigenvalue weighted by Gasteiger charge is -2.44. The summed E-state index contributed by atoms with van der Waals surface area (Å²) in [6.45, 7) is 0. The average Bonchev–Trinajstić information content (AvgIpc) is 2.37. The standard InChI is InChI=1S/C14H10BrN3O3/c15-9-3-2-8(7-16)10(6-9)18-12(20)14(4-1-5-14)11(19)17-13(18)21/h2-3,6H,1,4-5H2,(H,17,19,21). The Balaban J connectivity index is 2.11. The number of nitrogens with zero attached hydrogens (tertiary/aromatic N) is 2. The summed E-state index contributed by atoms with van der Waals surface area (Å²) < 4.78 is 0.636. The van der Waals surface area contributed by atoms with Crippen molar-refractivity contribution < 1.29 is 14.4 Å². The van der Waals surface area contributed by atoms with Crippen molar-refractivity contribution in [1.82, 2.24) is 5.32 Å². The maximum atomic E-state index is 12.6. The first-order chi connectivity index (χ1) is 9.99. The third-order valence-corrected chi connectivity index (χ3v) is 4.49. The first-order valence-corrected chi connectivity index (χ1v) is 7.18. The fourth-order valence-corrected chi connectivity index (χ4v) is 3.00. The Kier molecular flexibility index (Phi) is 3.06. The summed E-state index contributed by atoms with van der Waals surface area (Å²) >= 11 is 3.26. The molecule has 1 saturated carbocycles. The molecule has 21 heavy (non-hydrogen) atoms. The second-order valence-electron chi connectivity index (χ2n) is 5.11. The van der Waals surface area contributed by atoms with Crippen molar-refractivity contribution in [3.05, 3.63) is 28.2 Å². The van der Waals surface area contributed by atoms with Crippen LogP contribution in [0.25, 0.3) is 0 Å². The highest BCUT2D eigenvalue weighted by molar-refractivity contribution is 9.10. The van der Waals surface area contributed by atoms with Crippen molar-refractivity contribution in [3.8, 4) is 6.07 Å². The van der Waals surface area contributed by atoms with E-state index in [-0.39, 0.29) is 11.3 Å². The lowest BCUT2D eigenvalue weighted by molar-refractivity contribution is -0.148. The van der Waals surface area contributed by atoms with E-state index in [4.69, 9.17) is 5.26 Å². The van der Waals surface area contributed by atoms with Crippen LogP contribution in [0, 0.1) is 16.7 Å². The van der Waals surface area contributed by atoms with E-state index in [0.29, 0.717) is 17.3 Å². The van der Waals surface area contributed by atoms with Crippen LogP contribution in [0.4, 0.5) is 10.5 Å². The number of nitriles is 1. The highest BCUT2D eigenvalue weighted by atomic mass is 79.9. The van der Waals surface area contributed by atoms with Gasteiger partial charge in [-0.25, -0.2) is 9.69 Å². The number of nitrogens with one attached hydrogen (secondary N) is 1. The Morgan fingerprint density at radius 2 is 2.00 bits per heavy atom. The monoisotopic (exact) mass is 347 g/mol. The third-order valence-electron chi connectivity index (χ3n) is 4.00. The molecule has 3 rings (SSSR count). The topological polar surface area (TPSA) is 90.3 Å². The van der Waals surface area contributed by atoms with Gasteiger partial charge in [0.05, 0.1) is 11.3 Å². The van der Waals surface area contributed by atoms with Crippen LogP contribution >= 0.6 is 15.9 Å². The minimum absolute atomic E-state index is 0.188. The average molecular weight is 348 g/mol. The maximum Gasteiger partial charge on any atom is 0.335 e. The van der Waals surface area contributed by atoms with E-state index in [1.165, 1.54) is 12.1 Å². The van der Waals surface area contributed by atoms with E-state index >= 15 is 0 Å². The molecule has 1 aliphatic carbocycles. The summed E-state index contributed by atoms with van der Waals surface area (Å²) in [7, 11) is 0. The van der Waals surface area contributed by atoms with Crippen LogP contribution in [0.5, 0.6) is 0 Å². The van der Waals surface area contributed by atoms with E-state index in [1.807, 2.05) is 6.07 Å². The molecular formula is C14H10BrN3O3. The lowest BCUT2D eigenvalue weighted by atomic mass is 9.66. The number of amides is 4. The van der Waals surface area contributed by atoms with E-state index in [2.05, 4.69) is 21.2 Å². The normalized spacial score (nSPS) is 20.0. The SMILES string of the molecule is N#Cc1ccc(Br)cc1N1C(=O)NC(=O)C2(CCC2)C1=O.